The van der Waals surface area contributed by atoms with Gasteiger partial charge in [0, 0.05) is 24.5 Å². The van der Waals surface area contributed by atoms with Gasteiger partial charge in [-0.1, -0.05) is 6.92 Å². The van der Waals surface area contributed by atoms with Crippen molar-refractivity contribution in [2.45, 2.75) is 20.3 Å². The highest BCUT2D eigenvalue weighted by Crippen LogP contribution is 2.17. The van der Waals surface area contributed by atoms with Gasteiger partial charge in [0.05, 0.1) is 6.54 Å². The first-order chi connectivity index (χ1) is 9.92. The molecule has 1 aromatic carbocycles. The molecule has 3 N–H and O–H groups in total. The van der Waals surface area contributed by atoms with Gasteiger partial charge < -0.3 is 16.0 Å². The van der Waals surface area contributed by atoms with Crippen LogP contribution in [0.5, 0.6) is 0 Å². The molecule has 5 heteroatoms. The number of hydrogen-bond donors (Lipinski definition) is 2. The Morgan fingerprint density at radius 3 is 2.52 bits per heavy atom. The second-order valence-corrected chi connectivity index (χ2v) is 5.70. The van der Waals surface area contributed by atoms with Crippen molar-refractivity contribution in [3.05, 3.63) is 23.8 Å². The molecule has 0 fully saturated rings. The van der Waals surface area contributed by atoms with Gasteiger partial charge >= 0.3 is 0 Å². The first-order valence-electron chi connectivity index (χ1n) is 7.45. The fraction of sp³-hybridized carbons (Fsp3) is 0.562. The van der Waals surface area contributed by atoms with E-state index in [2.05, 4.69) is 22.0 Å². The number of nitrogens with zero attached hydrogens (tertiary/aromatic N) is 2. The molecule has 21 heavy (non-hydrogen) atoms. The van der Waals surface area contributed by atoms with E-state index in [1.807, 2.05) is 33.2 Å². The lowest BCUT2D eigenvalue weighted by Gasteiger charge is -2.23. The highest BCUT2D eigenvalue weighted by atomic mass is 16.2. The summed E-state index contributed by atoms with van der Waals surface area (Å²) in [5.41, 5.74) is 8.25. The molecule has 0 saturated heterocycles. The number of nitrogens with two attached hydrogens (primary N) is 1. The fourth-order valence-corrected chi connectivity index (χ4v) is 2.15. The molecule has 1 amide bonds. The quantitative estimate of drug-likeness (QED) is 0.717. The lowest BCUT2D eigenvalue weighted by Crippen LogP contribution is -2.38. The summed E-state index contributed by atoms with van der Waals surface area (Å²) in [5.74, 6) is 0.0232. The maximum Gasteiger partial charge on any atom is 0.238 e. The van der Waals surface area contributed by atoms with Crippen molar-refractivity contribution >= 4 is 17.3 Å². The molecular weight excluding hydrogens is 264 g/mol. The topological polar surface area (TPSA) is 61.6 Å². The Hall–Kier alpha value is -1.59. The van der Waals surface area contributed by atoms with E-state index >= 15 is 0 Å². The molecule has 1 rings (SSSR count). The average Bonchev–Trinajstić information content (AvgIpc) is 2.39. The SMILES string of the molecule is CCCN(CCN(C)C)CC(=O)Nc1ccc(N)cc1C. The van der Waals surface area contributed by atoms with E-state index in [1.165, 1.54) is 0 Å². The molecule has 0 aliphatic heterocycles. The Labute approximate surface area is 128 Å². The lowest BCUT2D eigenvalue weighted by atomic mass is 10.2. The zero-order chi connectivity index (χ0) is 15.8. The van der Waals surface area contributed by atoms with Gasteiger partial charge in [-0.25, -0.2) is 0 Å². The third kappa shape index (κ3) is 6.60. The number of aryl methyl sites for hydroxylation is 1. The number of likely N-dealkylation sites (N-methyl/N-ethyl adjacent to an activating group) is 1. The van der Waals surface area contributed by atoms with Crippen LogP contribution in [-0.2, 0) is 4.79 Å². The van der Waals surface area contributed by atoms with Crippen LogP contribution in [0.1, 0.15) is 18.9 Å². The van der Waals surface area contributed by atoms with Crippen molar-refractivity contribution in [2.24, 2.45) is 0 Å². The van der Waals surface area contributed by atoms with E-state index in [0.717, 1.165) is 37.3 Å². The van der Waals surface area contributed by atoms with Crippen molar-refractivity contribution in [1.82, 2.24) is 9.80 Å². The van der Waals surface area contributed by atoms with Crippen molar-refractivity contribution < 1.29 is 4.79 Å². The van der Waals surface area contributed by atoms with E-state index in [0.29, 0.717) is 12.2 Å². The van der Waals surface area contributed by atoms with E-state index in [9.17, 15) is 4.79 Å². The molecule has 118 valence electrons. The molecule has 0 spiro atoms. The summed E-state index contributed by atoms with van der Waals surface area (Å²) in [6.45, 7) is 7.28. The van der Waals surface area contributed by atoms with Gasteiger partial charge in [0.15, 0.2) is 0 Å². The van der Waals surface area contributed by atoms with Crippen molar-refractivity contribution in [3.8, 4) is 0 Å². The molecule has 1 aromatic rings. The highest BCUT2D eigenvalue weighted by Gasteiger charge is 2.11. The van der Waals surface area contributed by atoms with Gasteiger partial charge in [-0.05, 0) is 57.7 Å². The van der Waals surface area contributed by atoms with Gasteiger partial charge in [-0.15, -0.1) is 0 Å². The number of hydrogen-bond acceptors (Lipinski definition) is 4. The molecule has 0 saturated carbocycles. The smallest absolute Gasteiger partial charge is 0.238 e. The number of benzene rings is 1. The van der Waals surface area contributed by atoms with Crippen LogP contribution in [-0.4, -0.2) is 56.0 Å². The van der Waals surface area contributed by atoms with Crippen molar-refractivity contribution in [3.63, 3.8) is 0 Å². The van der Waals surface area contributed by atoms with E-state index < -0.39 is 0 Å². The summed E-state index contributed by atoms with van der Waals surface area (Å²) in [6, 6.07) is 5.52. The fourth-order valence-electron chi connectivity index (χ4n) is 2.15. The van der Waals surface area contributed by atoms with Crippen molar-refractivity contribution in [2.75, 3.05) is 51.3 Å². The normalized spacial score (nSPS) is 11.1. The Balaban J connectivity index is 2.56. The monoisotopic (exact) mass is 292 g/mol. The molecule has 0 aromatic heterocycles. The lowest BCUT2D eigenvalue weighted by molar-refractivity contribution is -0.117. The first-order valence-corrected chi connectivity index (χ1v) is 7.45. The minimum atomic E-state index is 0.0232. The molecule has 5 nitrogen and oxygen atoms in total. The Morgan fingerprint density at radius 1 is 1.24 bits per heavy atom. The second-order valence-electron chi connectivity index (χ2n) is 5.70. The highest BCUT2D eigenvalue weighted by molar-refractivity contribution is 5.93. The minimum Gasteiger partial charge on any atom is -0.399 e. The zero-order valence-corrected chi connectivity index (χ0v) is 13.6. The van der Waals surface area contributed by atoms with Gasteiger partial charge in [-0.3, -0.25) is 9.69 Å². The van der Waals surface area contributed by atoms with E-state index in [4.69, 9.17) is 5.73 Å². The van der Waals surface area contributed by atoms with Gasteiger partial charge in [0.1, 0.15) is 0 Å². The van der Waals surface area contributed by atoms with Crippen LogP contribution >= 0.6 is 0 Å². The van der Waals surface area contributed by atoms with Crippen LogP contribution in [0.25, 0.3) is 0 Å². The molecule has 0 unspecified atom stereocenters. The third-order valence-corrected chi connectivity index (χ3v) is 3.30. The largest absolute Gasteiger partial charge is 0.399 e. The molecule has 0 aliphatic rings. The summed E-state index contributed by atoms with van der Waals surface area (Å²) in [4.78, 5) is 16.5. The number of carbonyl (C=O) groups is 1. The van der Waals surface area contributed by atoms with Gasteiger partial charge in [0.2, 0.25) is 5.91 Å². The predicted octanol–water partition coefficient (Wildman–Crippen LogP) is 1.79. The van der Waals surface area contributed by atoms with Crippen LogP contribution in [0.3, 0.4) is 0 Å². The Morgan fingerprint density at radius 2 is 1.95 bits per heavy atom. The van der Waals surface area contributed by atoms with Gasteiger partial charge in [-0.2, -0.15) is 0 Å². The summed E-state index contributed by atoms with van der Waals surface area (Å²) in [5, 5.41) is 2.96. The Bertz CT molecular complexity index is 460. The zero-order valence-electron chi connectivity index (χ0n) is 13.6. The number of rotatable bonds is 8. The van der Waals surface area contributed by atoms with Crippen LogP contribution in [0.15, 0.2) is 18.2 Å². The summed E-state index contributed by atoms with van der Waals surface area (Å²) in [7, 11) is 4.09. The first kappa shape index (κ1) is 17.5. The van der Waals surface area contributed by atoms with Crippen LogP contribution in [0, 0.1) is 6.92 Å². The number of nitrogen functional groups attached to an aromatic ring is 1. The van der Waals surface area contributed by atoms with E-state index in [-0.39, 0.29) is 5.91 Å². The van der Waals surface area contributed by atoms with Crippen LogP contribution in [0.4, 0.5) is 11.4 Å². The maximum atomic E-state index is 12.2. The molecule has 0 atom stereocenters. The number of nitrogens with one attached hydrogen (secondary N) is 1. The molecule has 0 radical (unpaired) electrons. The minimum absolute atomic E-state index is 0.0232. The summed E-state index contributed by atoms with van der Waals surface area (Å²) < 4.78 is 0. The molecule has 0 bridgehead atoms. The predicted molar refractivity (Wildman–Crippen MR) is 89.5 cm³/mol. The Kier molecular flexibility index (Phi) is 7.19. The molecule has 0 heterocycles. The number of amides is 1. The van der Waals surface area contributed by atoms with Crippen molar-refractivity contribution in [1.29, 1.82) is 0 Å². The maximum absolute atomic E-state index is 12.2. The standard InChI is InChI=1S/C16H28N4O/c1-5-8-20(10-9-19(3)4)12-16(21)18-15-7-6-14(17)11-13(15)2/h6-7,11H,5,8-10,12,17H2,1-4H3,(H,18,21). The summed E-state index contributed by atoms with van der Waals surface area (Å²) >= 11 is 0. The van der Waals surface area contributed by atoms with Gasteiger partial charge in [0.25, 0.3) is 0 Å². The number of anilines is 2. The molecule has 0 aliphatic carbocycles. The van der Waals surface area contributed by atoms with Crippen LogP contribution < -0.4 is 11.1 Å². The molecular formula is C16H28N4O. The second kappa shape index (κ2) is 8.64. The van der Waals surface area contributed by atoms with E-state index in [1.54, 1.807) is 6.07 Å². The summed E-state index contributed by atoms with van der Waals surface area (Å²) in [6.07, 6.45) is 1.04. The third-order valence-electron chi connectivity index (χ3n) is 3.30. The van der Waals surface area contributed by atoms with Crippen LogP contribution in [0.2, 0.25) is 0 Å². The average molecular weight is 292 g/mol. The number of carbonyl (C=O) groups excluding carboxylic acids is 1.